The third kappa shape index (κ3) is 2.88. The summed E-state index contributed by atoms with van der Waals surface area (Å²) >= 11 is 0. The van der Waals surface area contributed by atoms with E-state index in [0.717, 1.165) is 18.8 Å². The van der Waals surface area contributed by atoms with Crippen LogP contribution in [-0.4, -0.2) is 31.2 Å². The molecule has 94 valence electrons. The Hall–Kier alpha value is -1.29. The zero-order valence-corrected chi connectivity index (χ0v) is 10.4. The molecule has 0 aliphatic carbocycles. The van der Waals surface area contributed by atoms with Crippen molar-refractivity contribution in [2.24, 2.45) is 5.73 Å². The number of methoxy groups -OCH3 is 1. The van der Waals surface area contributed by atoms with E-state index in [2.05, 4.69) is 9.88 Å². The summed E-state index contributed by atoms with van der Waals surface area (Å²) in [6.45, 7) is 1.74. The second kappa shape index (κ2) is 5.87. The molecule has 0 bridgehead atoms. The van der Waals surface area contributed by atoms with Crippen LogP contribution in [0.5, 0.6) is 5.88 Å². The first kappa shape index (κ1) is 12.2. The van der Waals surface area contributed by atoms with Crippen molar-refractivity contribution in [2.75, 3.05) is 25.1 Å². The third-order valence-electron chi connectivity index (χ3n) is 3.36. The zero-order valence-electron chi connectivity index (χ0n) is 10.4. The van der Waals surface area contributed by atoms with Crippen molar-refractivity contribution in [1.82, 2.24) is 4.98 Å². The molecule has 1 aromatic heterocycles. The fourth-order valence-electron chi connectivity index (χ4n) is 2.40. The largest absolute Gasteiger partial charge is 0.481 e. The number of ether oxygens (including phenoxy) is 1. The molecule has 0 spiro atoms. The molecule has 4 nitrogen and oxygen atoms in total. The van der Waals surface area contributed by atoms with Gasteiger partial charge in [-0.05, 0) is 18.9 Å². The minimum atomic E-state index is 0.414. The Balaban J connectivity index is 2.21. The summed E-state index contributed by atoms with van der Waals surface area (Å²) < 4.78 is 5.18. The molecule has 1 aromatic rings. The highest BCUT2D eigenvalue weighted by Gasteiger charge is 2.21. The predicted molar refractivity (Wildman–Crippen MR) is 69.4 cm³/mol. The highest BCUT2D eigenvalue weighted by Crippen LogP contribution is 2.23. The molecular weight excluding hydrogens is 214 g/mol. The molecule has 2 heterocycles. The van der Waals surface area contributed by atoms with Crippen LogP contribution < -0.4 is 15.4 Å². The average Bonchev–Trinajstić information content (AvgIpc) is 2.63. The van der Waals surface area contributed by atoms with Gasteiger partial charge in [0.2, 0.25) is 5.88 Å². The molecule has 1 atom stereocenters. The fraction of sp³-hybridized carbons (Fsp3) is 0.615. The summed E-state index contributed by atoms with van der Waals surface area (Å²) in [5.41, 5.74) is 5.87. The maximum absolute atomic E-state index is 5.87. The topological polar surface area (TPSA) is 51.4 Å². The van der Waals surface area contributed by atoms with E-state index in [1.54, 1.807) is 7.11 Å². The molecule has 2 N–H and O–H groups in total. The first-order valence-electron chi connectivity index (χ1n) is 6.33. The standard InChI is InChI=1S/C13H21N3O/c1-17-13-8-5-7-12(15-13)16-9-4-2-3-6-11(16)10-14/h5,7-8,11H,2-4,6,9-10,14H2,1H3. The Morgan fingerprint density at radius 3 is 3.06 bits per heavy atom. The Morgan fingerprint density at radius 1 is 1.41 bits per heavy atom. The number of rotatable bonds is 3. The lowest BCUT2D eigenvalue weighted by atomic mass is 10.1. The van der Waals surface area contributed by atoms with E-state index < -0.39 is 0 Å². The van der Waals surface area contributed by atoms with E-state index in [1.165, 1.54) is 19.3 Å². The maximum atomic E-state index is 5.87. The van der Waals surface area contributed by atoms with Crippen molar-refractivity contribution in [3.8, 4) is 5.88 Å². The van der Waals surface area contributed by atoms with Crippen molar-refractivity contribution in [3.05, 3.63) is 18.2 Å². The van der Waals surface area contributed by atoms with Crippen molar-refractivity contribution >= 4 is 5.82 Å². The Bertz CT molecular complexity index is 356. The third-order valence-corrected chi connectivity index (χ3v) is 3.36. The molecule has 0 aromatic carbocycles. The van der Waals surface area contributed by atoms with Gasteiger partial charge in [0.05, 0.1) is 7.11 Å². The van der Waals surface area contributed by atoms with Gasteiger partial charge >= 0.3 is 0 Å². The Morgan fingerprint density at radius 2 is 2.29 bits per heavy atom. The van der Waals surface area contributed by atoms with Crippen LogP contribution in [0.4, 0.5) is 5.82 Å². The fourth-order valence-corrected chi connectivity index (χ4v) is 2.40. The molecule has 0 radical (unpaired) electrons. The molecule has 1 unspecified atom stereocenters. The van der Waals surface area contributed by atoms with Crippen LogP contribution in [0.15, 0.2) is 18.2 Å². The maximum Gasteiger partial charge on any atom is 0.214 e. The van der Waals surface area contributed by atoms with E-state index in [4.69, 9.17) is 10.5 Å². The number of nitrogens with zero attached hydrogens (tertiary/aromatic N) is 2. The van der Waals surface area contributed by atoms with Gasteiger partial charge < -0.3 is 15.4 Å². The van der Waals surface area contributed by atoms with Gasteiger partial charge in [0.15, 0.2) is 0 Å². The Kier molecular flexibility index (Phi) is 4.20. The smallest absolute Gasteiger partial charge is 0.214 e. The van der Waals surface area contributed by atoms with E-state index in [-0.39, 0.29) is 0 Å². The number of hydrogen-bond donors (Lipinski definition) is 1. The van der Waals surface area contributed by atoms with Crippen LogP contribution in [0.2, 0.25) is 0 Å². The van der Waals surface area contributed by atoms with Gasteiger partial charge in [0.25, 0.3) is 0 Å². The molecule has 1 aliphatic heterocycles. The van der Waals surface area contributed by atoms with Crippen LogP contribution in [0, 0.1) is 0 Å². The van der Waals surface area contributed by atoms with E-state index in [0.29, 0.717) is 18.5 Å². The lowest BCUT2D eigenvalue weighted by molar-refractivity contribution is 0.397. The van der Waals surface area contributed by atoms with Crippen molar-refractivity contribution in [1.29, 1.82) is 0 Å². The monoisotopic (exact) mass is 235 g/mol. The molecule has 0 amide bonds. The van der Waals surface area contributed by atoms with Crippen molar-refractivity contribution < 1.29 is 4.74 Å². The van der Waals surface area contributed by atoms with Gasteiger partial charge in [-0.25, -0.2) is 0 Å². The number of anilines is 1. The zero-order chi connectivity index (χ0) is 12.1. The lowest BCUT2D eigenvalue weighted by Gasteiger charge is -2.30. The molecule has 1 fully saturated rings. The van der Waals surface area contributed by atoms with Gasteiger partial charge in [-0.2, -0.15) is 4.98 Å². The van der Waals surface area contributed by atoms with Gasteiger partial charge in [0.1, 0.15) is 5.82 Å². The number of aromatic nitrogens is 1. The summed E-state index contributed by atoms with van der Waals surface area (Å²) in [6.07, 6.45) is 4.93. The summed E-state index contributed by atoms with van der Waals surface area (Å²) in [5, 5.41) is 0. The second-order valence-corrected chi connectivity index (χ2v) is 4.47. The molecular formula is C13H21N3O. The summed E-state index contributed by atoms with van der Waals surface area (Å²) in [7, 11) is 1.65. The van der Waals surface area contributed by atoms with E-state index >= 15 is 0 Å². The predicted octanol–water partition coefficient (Wildman–Crippen LogP) is 1.80. The SMILES string of the molecule is COc1cccc(N2CCCCCC2CN)n1. The highest BCUT2D eigenvalue weighted by molar-refractivity contribution is 5.42. The summed E-state index contributed by atoms with van der Waals surface area (Å²) in [4.78, 5) is 6.83. The first-order chi connectivity index (χ1) is 8.35. The summed E-state index contributed by atoms with van der Waals surface area (Å²) in [5.74, 6) is 1.66. The van der Waals surface area contributed by atoms with E-state index in [1.807, 2.05) is 18.2 Å². The van der Waals surface area contributed by atoms with Crippen LogP contribution >= 0.6 is 0 Å². The first-order valence-corrected chi connectivity index (χ1v) is 6.33. The normalized spacial score (nSPS) is 21.1. The highest BCUT2D eigenvalue weighted by atomic mass is 16.5. The Labute approximate surface area is 103 Å². The molecule has 1 saturated heterocycles. The van der Waals surface area contributed by atoms with Gasteiger partial charge in [-0.3, -0.25) is 0 Å². The second-order valence-electron chi connectivity index (χ2n) is 4.47. The molecule has 4 heteroatoms. The minimum absolute atomic E-state index is 0.414. The van der Waals surface area contributed by atoms with Gasteiger partial charge in [0, 0.05) is 25.2 Å². The molecule has 1 aliphatic rings. The number of pyridine rings is 1. The number of nitrogens with two attached hydrogens (primary N) is 1. The number of hydrogen-bond acceptors (Lipinski definition) is 4. The molecule has 0 saturated carbocycles. The van der Waals surface area contributed by atoms with Crippen LogP contribution in [0.25, 0.3) is 0 Å². The van der Waals surface area contributed by atoms with E-state index in [9.17, 15) is 0 Å². The van der Waals surface area contributed by atoms with Crippen LogP contribution in [-0.2, 0) is 0 Å². The van der Waals surface area contributed by atoms with Gasteiger partial charge in [-0.1, -0.05) is 18.9 Å². The summed E-state index contributed by atoms with van der Waals surface area (Å²) in [6, 6.07) is 6.31. The van der Waals surface area contributed by atoms with Crippen molar-refractivity contribution in [2.45, 2.75) is 31.7 Å². The lowest BCUT2D eigenvalue weighted by Crippen LogP contribution is -2.40. The quantitative estimate of drug-likeness (QED) is 0.868. The molecule has 17 heavy (non-hydrogen) atoms. The molecule has 2 rings (SSSR count). The minimum Gasteiger partial charge on any atom is -0.481 e. The van der Waals surface area contributed by atoms with Gasteiger partial charge in [-0.15, -0.1) is 0 Å². The van der Waals surface area contributed by atoms with Crippen LogP contribution in [0.3, 0.4) is 0 Å². The average molecular weight is 235 g/mol. The van der Waals surface area contributed by atoms with Crippen LogP contribution in [0.1, 0.15) is 25.7 Å². The van der Waals surface area contributed by atoms with Crippen molar-refractivity contribution in [3.63, 3.8) is 0 Å².